The minimum Gasteiger partial charge on any atom is -0.0651 e. The van der Waals surface area contributed by atoms with E-state index in [-0.39, 0.29) is 0 Å². The van der Waals surface area contributed by atoms with E-state index in [2.05, 4.69) is 27.7 Å². The van der Waals surface area contributed by atoms with E-state index in [1.165, 1.54) is 25.7 Å². The third kappa shape index (κ3) is 3.92. The van der Waals surface area contributed by atoms with Gasteiger partial charge in [-0.2, -0.15) is 0 Å². The van der Waals surface area contributed by atoms with Crippen LogP contribution in [0.1, 0.15) is 53.4 Å². The maximum atomic E-state index is 2.36. The molecule has 1 unspecified atom stereocenters. The van der Waals surface area contributed by atoms with Crippen LogP contribution in [0.5, 0.6) is 0 Å². The fraction of sp³-hybridized carbons (Fsp3) is 1.00. The van der Waals surface area contributed by atoms with Crippen molar-refractivity contribution in [1.29, 1.82) is 0 Å². The van der Waals surface area contributed by atoms with Gasteiger partial charge in [-0.15, -0.1) is 0 Å². The van der Waals surface area contributed by atoms with Crippen molar-refractivity contribution in [3.63, 3.8) is 0 Å². The van der Waals surface area contributed by atoms with Crippen LogP contribution in [0, 0.1) is 11.8 Å². The molecule has 0 aliphatic heterocycles. The van der Waals surface area contributed by atoms with Crippen LogP contribution in [0.3, 0.4) is 0 Å². The summed E-state index contributed by atoms with van der Waals surface area (Å²) in [5.74, 6) is 1.92. The molecule has 0 aromatic heterocycles. The molecule has 0 radical (unpaired) electrons. The normalized spacial score (nSPS) is 14.1. The predicted octanol–water partition coefficient (Wildman–Crippen LogP) is 3.86. The van der Waals surface area contributed by atoms with Crippen molar-refractivity contribution in [3.8, 4) is 0 Å². The molecule has 0 saturated heterocycles. The summed E-state index contributed by atoms with van der Waals surface area (Å²) in [6.45, 7) is 9.25. The van der Waals surface area contributed by atoms with Crippen LogP contribution in [-0.2, 0) is 0 Å². The van der Waals surface area contributed by atoms with E-state index in [0.29, 0.717) is 0 Å². The molecule has 1 atom stereocenters. The van der Waals surface area contributed by atoms with Gasteiger partial charge in [-0.05, 0) is 18.3 Å². The average Bonchev–Trinajstić information content (AvgIpc) is 1.99. The van der Waals surface area contributed by atoms with E-state index in [0.717, 1.165) is 11.8 Å². The average molecular weight is 142 g/mol. The third-order valence-corrected chi connectivity index (χ3v) is 2.59. The lowest BCUT2D eigenvalue weighted by Crippen LogP contribution is -2.03. The van der Waals surface area contributed by atoms with E-state index in [9.17, 15) is 0 Å². The van der Waals surface area contributed by atoms with Crippen LogP contribution in [0.2, 0.25) is 0 Å². The highest BCUT2D eigenvalue weighted by Gasteiger charge is 2.07. The Morgan fingerprint density at radius 1 is 0.900 bits per heavy atom. The molecule has 0 aromatic rings. The van der Waals surface area contributed by atoms with Gasteiger partial charge in [0.05, 0.1) is 0 Å². The van der Waals surface area contributed by atoms with Crippen molar-refractivity contribution in [3.05, 3.63) is 0 Å². The summed E-state index contributed by atoms with van der Waals surface area (Å²) in [5, 5.41) is 0. The van der Waals surface area contributed by atoms with Gasteiger partial charge in [0, 0.05) is 0 Å². The first-order valence-electron chi connectivity index (χ1n) is 4.74. The lowest BCUT2D eigenvalue weighted by atomic mass is 9.90. The maximum absolute atomic E-state index is 2.36. The monoisotopic (exact) mass is 142 g/mol. The van der Waals surface area contributed by atoms with Gasteiger partial charge in [-0.25, -0.2) is 0 Å². The molecular weight excluding hydrogens is 120 g/mol. The predicted molar refractivity (Wildman–Crippen MR) is 48.1 cm³/mol. The zero-order valence-electron chi connectivity index (χ0n) is 7.98. The molecule has 0 saturated carbocycles. The fourth-order valence-corrected chi connectivity index (χ4v) is 1.36. The minimum absolute atomic E-state index is 0.935. The first-order chi connectivity index (χ1) is 4.74. The number of hydrogen-bond donors (Lipinski definition) is 0. The first kappa shape index (κ1) is 10.0. The smallest absolute Gasteiger partial charge is 0.0417 e. The molecule has 10 heavy (non-hydrogen) atoms. The van der Waals surface area contributed by atoms with Crippen molar-refractivity contribution >= 4 is 0 Å². The van der Waals surface area contributed by atoms with Gasteiger partial charge in [0.1, 0.15) is 0 Å². The Morgan fingerprint density at radius 3 is 1.70 bits per heavy atom. The molecule has 0 aromatic carbocycles. The van der Waals surface area contributed by atoms with Crippen molar-refractivity contribution in [1.82, 2.24) is 0 Å². The number of rotatable bonds is 5. The third-order valence-electron chi connectivity index (χ3n) is 2.59. The van der Waals surface area contributed by atoms with Crippen LogP contribution >= 0.6 is 0 Å². The number of hydrogen-bond acceptors (Lipinski definition) is 0. The quantitative estimate of drug-likeness (QED) is 0.547. The molecular formula is C10H22. The van der Waals surface area contributed by atoms with Gasteiger partial charge in [0.25, 0.3) is 0 Å². The Bertz CT molecular complexity index is 62.4. The SMILES string of the molecule is CCC(C)CC(CC)CC. The molecule has 0 amide bonds. The van der Waals surface area contributed by atoms with Gasteiger partial charge >= 0.3 is 0 Å². The van der Waals surface area contributed by atoms with Crippen molar-refractivity contribution in [2.75, 3.05) is 0 Å². The largest absolute Gasteiger partial charge is 0.0651 e. The van der Waals surface area contributed by atoms with Crippen LogP contribution < -0.4 is 0 Å². The second-order valence-corrected chi connectivity index (χ2v) is 3.43. The topological polar surface area (TPSA) is 0 Å². The molecule has 0 aliphatic carbocycles. The van der Waals surface area contributed by atoms with E-state index < -0.39 is 0 Å². The molecule has 0 heterocycles. The highest BCUT2D eigenvalue weighted by atomic mass is 14.1. The van der Waals surface area contributed by atoms with E-state index >= 15 is 0 Å². The summed E-state index contributed by atoms with van der Waals surface area (Å²) < 4.78 is 0. The van der Waals surface area contributed by atoms with Crippen molar-refractivity contribution < 1.29 is 0 Å². The summed E-state index contributed by atoms with van der Waals surface area (Å²) in [5.41, 5.74) is 0. The lowest BCUT2D eigenvalue weighted by molar-refractivity contribution is 0.364. The van der Waals surface area contributed by atoms with E-state index in [4.69, 9.17) is 0 Å². The molecule has 0 aliphatic rings. The second kappa shape index (κ2) is 5.76. The van der Waals surface area contributed by atoms with Crippen LogP contribution in [0.4, 0.5) is 0 Å². The standard InChI is InChI=1S/C10H22/c1-5-9(4)8-10(6-2)7-3/h9-10H,5-8H2,1-4H3. The second-order valence-electron chi connectivity index (χ2n) is 3.43. The first-order valence-corrected chi connectivity index (χ1v) is 4.74. The Balaban J connectivity index is 3.41. The van der Waals surface area contributed by atoms with E-state index in [1.807, 2.05) is 0 Å². The molecule has 0 heteroatoms. The van der Waals surface area contributed by atoms with Gasteiger partial charge in [0.2, 0.25) is 0 Å². The zero-order valence-corrected chi connectivity index (χ0v) is 7.98. The van der Waals surface area contributed by atoms with Crippen molar-refractivity contribution in [2.24, 2.45) is 11.8 Å². The van der Waals surface area contributed by atoms with Crippen LogP contribution in [0.25, 0.3) is 0 Å². The molecule has 0 N–H and O–H groups in total. The van der Waals surface area contributed by atoms with E-state index in [1.54, 1.807) is 0 Å². The molecule has 0 spiro atoms. The highest BCUT2D eigenvalue weighted by Crippen LogP contribution is 2.20. The molecule has 0 bridgehead atoms. The molecule has 0 rings (SSSR count). The van der Waals surface area contributed by atoms with Gasteiger partial charge in [-0.1, -0.05) is 47.0 Å². The summed E-state index contributed by atoms with van der Waals surface area (Å²) in [6, 6.07) is 0. The summed E-state index contributed by atoms with van der Waals surface area (Å²) in [4.78, 5) is 0. The van der Waals surface area contributed by atoms with Crippen molar-refractivity contribution in [2.45, 2.75) is 53.4 Å². The fourth-order valence-electron chi connectivity index (χ4n) is 1.36. The minimum atomic E-state index is 0.935. The Labute approximate surface area is 66.0 Å². The molecule has 0 fully saturated rings. The van der Waals surface area contributed by atoms with Crippen LogP contribution in [-0.4, -0.2) is 0 Å². The summed E-state index contributed by atoms with van der Waals surface area (Å²) in [7, 11) is 0. The molecule has 62 valence electrons. The summed E-state index contributed by atoms with van der Waals surface area (Å²) >= 11 is 0. The van der Waals surface area contributed by atoms with Gasteiger partial charge in [0.15, 0.2) is 0 Å². The highest BCUT2D eigenvalue weighted by molar-refractivity contribution is 4.59. The van der Waals surface area contributed by atoms with Gasteiger partial charge < -0.3 is 0 Å². The lowest BCUT2D eigenvalue weighted by Gasteiger charge is -2.16. The summed E-state index contributed by atoms with van der Waals surface area (Å²) in [6.07, 6.45) is 5.50. The zero-order chi connectivity index (χ0) is 7.98. The van der Waals surface area contributed by atoms with Crippen LogP contribution in [0.15, 0.2) is 0 Å². The Hall–Kier alpha value is 0. The molecule has 0 nitrogen and oxygen atoms in total. The Morgan fingerprint density at radius 2 is 1.40 bits per heavy atom. The van der Waals surface area contributed by atoms with Gasteiger partial charge in [-0.3, -0.25) is 0 Å². The Kier molecular flexibility index (Phi) is 5.76. The maximum Gasteiger partial charge on any atom is -0.0417 e.